The molecule has 0 saturated heterocycles. The number of fused-ring (bicyclic) bond motifs is 3. The topological polar surface area (TPSA) is 0 Å². The van der Waals surface area contributed by atoms with Gasteiger partial charge in [-0.25, -0.2) is 17.6 Å². The summed E-state index contributed by atoms with van der Waals surface area (Å²) in [6.45, 7) is 5.95. The van der Waals surface area contributed by atoms with Gasteiger partial charge >= 0.3 is 0 Å². The maximum atomic E-state index is 15.3. The van der Waals surface area contributed by atoms with Crippen molar-refractivity contribution in [1.29, 1.82) is 0 Å². The van der Waals surface area contributed by atoms with Crippen molar-refractivity contribution in [3.8, 4) is 11.1 Å². The van der Waals surface area contributed by atoms with Gasteiger partial charge in [-0.15, -0.1) is 6.58 Å². The van der Waals surface area contributed by atoms with Gasteiger partial charge in [-0.1, -0.05) is 38.0 Å². The summed E-state index contributed by atoms with van der Waals surface area (Å²) in [5.41, 5.74) is 2.19. The molecule has 3 aliphatic carbocycles. The van der Waals surface area contributed by atoms with E-state index in [1.165, 1.54) is 25.7 Å². The second kappa shape index (κ2) is 9.36. The first-order valence-corrected chi connectivity index (χ1v) is 12.7. The lowest BCUT2D eigenvalue weighted by atomic mass is 9.71. The molecule has 34 heavy (non-hydrogen) atoms. The molecule has 1 fully saturated rings. The molecular formula is C30H32F4. The summed E-state index contributed by atoms with van der Waals surface area (Å²) >= 11 is 0. The van der Waals surface area contributed by atoms with Gasteiger partial charge in [0.25, 0.3) is 0 Å². The Morgan fingerprint density at radius 2 is 1.53 bits per heavy atom. The van der Waals surface area contributed by atoms with Gasteiger partial charge in [0.2, 0.25) is 0 Å². The highest BCUT2D eigenvalue weighted by Gasteiger charge is 2.33. The van der Waals surface area contributed by atoms with E-state index in [2.05, 4.69) is 19.6 Å². The molecule has 0 heterocycles. The van der Waals surface area contributed by atoms with E-state index in [1.54, 1.807) is 18.2 Å². The lowest BCUT2D eigenvalue weighted by molar-refractivity contribution is 0.202. The zero-order valence-electron chi connectivity index (χ0n) is 19.8. The first-order chi connectivity index (χ1) is 16.4. The van der Waals surface area contributed by atoms with Crippen LogP contribution in [0.3, 0.4) is 0 Å². The molecule has 2 aromatic carbocycles. The van der Waals surface area contributed by atoms with Crippen LogP contribution in [0.25, 0.3) is 16.7 Å². The lowest BCUT2D eigenvalue weighted by Crippen LogP contribution is -2.22. The molecule has 0 radical (unpaired) electrons. The van der Waals surface area contributed by atoms with Crippen LogP contribution in [-0.4, -0.2) is 0 Å². The fraction of sp³-hybridized carbons (Fsp3) is 0.467. The number of hydrogen-bond acceptors (Lipinski definition) is 0. The summed E-state index contributed by atoms with van der Waals surface area (Å²) < 4.78 is 60.2. The predicted molar refractivity (Wildman–Crippen MR) is 129 cm³/mol. The van der Waals surface area contributed by atoms with E-state index in [-0.39, 0.29) is 28.7 Å². The third-order valence-electron chi connectivity index (χ3n) is 8.43. The Balaban J connectivity index is 1.44. The Morgan fingerprint density at radius 3 is 2.18 bits per heavy atom. The van der Waals surface area contributed by atoms with E-state index in [4.69, 9.17) is 0 Å². The van der Waals surface area contributed by atoms with Crippen molar-refractivity contribution in [1.82, 2.24) is 0 Å². The third kappa shape index (κ3) is 4.03. The lowest BCUT2D eigenvalue weighted by Gasteiger charge is -2.34. The average Bonchev–Trinajstić information content (AvgIpc) is 3.22. The number of aryl methyl sites for hydroxylation is 1. The number of halogens is 4. The van der Waals surface area contributed by atoms with Crippen molar-refractivity contribution in [2.45, 2.75) is 71.1 Å². The number of rotatable bonds is 5. The summed E-state index contributed by atoms with van der Waals surface area (Å²) in [7, 11) is 0. The van der Waals surface area contributed by atoms with Gasteiger partial charge in [-0.05, 0) is 97.5 Å². The van der Waals surface area contributed by atoms with Crippen molar-refractivity contribution < 1.29 is 17.6 Å². The summed E-state index contributed by atoms with van der Waals surface area (Å²) in [5.74, 6) is -1.90. The van der Waals surface area contributed by atoms with Crippen LogP contribution >= 0.6 is 0 Å². The van der Waals surface area contributed by atoms with Crippen molar-refractivity contribution in [3.63, 3.8) is 0 Å². The Bertz CT molecular complexity index is 1150. The molecular weight excluding hydrogens is 436 g/mol. The molecule has 0 nitrogen and oxygen atoms in total. The molecule has 0 aliphatic heterocycles. The monoisotopic (exact) mass is 468 g/mol. The van der Waals surface area contributed by atoms with Crippen LogP contribution in [0.4, 0.5) is 17.6 Å². The SMILES string of the molecule is C=CCCc1cc2c(c(F)c1F)-c1c(cc(C3=CCC(C4CCC(C)CC4)CC3)c(F)c1F)C2. The molecule has 5 rings (SSSR count). The summed E-state index contributed by atoms with van der Waals surface area (Å²) in [4.78, 5) is 0. The van der Waals surface area contributed by atoms with Gasteiger partial charge in [0.1, 0.15) is 0 Å². The van der Waals surface area contributed by atoms with E-state index >= 15 is 8.78 Å². The van der Waals surface area contributed by atoms with E-state index < -0.39 is 23.3 Å². The standard InChI is InChI=1S/C30H32F4/c1-3-4-5-21-14-22-15-23-16-24(28(32)30(34)26(23)25(22)29(33)27(21)31)20-12-10-19(11-13-20)18-8-6-17(2)7-9-18/h3,12,14,16-19H,1,4-11,13,15H2,2H3. The minimum atomic E-state index is -1.08. The molecule has 1 atom stereocenters. The Morgan fingerprint density at radius 1 is 0.853 bits per heavy atom. The van der Waals surface area contributed by atoms with E-state index in [0.717, 1.165) is 36.7 Å². The summed E-state index contributed by atoms with van der Waals surface area (Å²) in [5, 5.41) is 0. The number of hydrogen-bond donors (Lipinski definition) is 0. The highest BCUT2D eigenvalue weighted by molar-refractivity contribution is 5.81. The quantitative estimate of drug-likeness (QED) is 0.259. The van der Waals surface area contributed by atoms with Crippen LogP contribution in [0.5, 0.6) is 0 Å². The van der Waals surface area contributed by atoms with Crippen molar-refractivity contribution >= 4 is 5.57 Å². The van der Waals surface area contributed by atoms with Crippen LogP contribution in [-0.2, 0) is 12.8 Å². The smallest absolute Gasteiger partial charge is 0.167 e. The van der Waals surface area contributed by atoms with Crippen molar-refractivity contribution in [2.24, 2.45) is 17.8 Å². The number of benzene rings is 2. The maximum absolute atomic E-state index is 15.3. The molecule has 180 valence electrons. The van der Waals surface area contributed by atoms with Crippen molar-refractivity contribution in [2.75, 3.05) is 0 Å². The van der Waals surface area contributed by atoms with E-state index in [1.807, 2.05) is 0 Å². The highest BCUT2D eigenvalue weighted by atomic mass is 19.2. The van der Waals surface area contributed by atoms with Crippen LogP contribution < -0.4 is 0 Å². The molecule has 0 amide bonds. The average molecular weight is 469 g/mol. The van der Waals surface area contributed by atoms with Gasteiger partial charge in [0.05, 0.1) is 0 Å². The van der Waals surface area contributed by atoms with Crippen LogP contribution in [0.1, 0.15) is 80.5 Å². The molecule has 0 spiro atoms. The van der Waals surface area contributed by atoms with Crippen molar-refractivity contribution in [3.05, 3.63) is 76.4 Å². The second-order valence-electron chi connectivity index (χ2n) is 10.6. The largest absolute Gasteiger partial charge is 0.203 e. The molecule has 0 N–H and O–H groups in total. The van der Waals surface area contributed by atoms with Crippen LogP contribution in [0.15, 0.2) is 30.9 Å². The zero-order valence-corrected chi connectivity index (χ0v) is 19.8. The van der Waals surface area contributed by atoms with E-state index in [0.29, 0.717) is 29.9 Å². The van der Waals surface area contributed by atoms with Crippen LogP contribution in [0, 0.1) is 41.0 Å². The minimum Gasteiger partial charge on any atom is -0.203 e. The molecule has 0 aromatic heterocycles. The minimum absolute atomic E-state index is 0.117. The van der Waals surface area contributed by atoms with Crippen LogP contribution in [0.2, 0.25) is 0 Å². The maximum Gasteiger partial charge on any atom is 0.167 e. The molecule has 1 unspecified atom stereocenters. The summed E-state index contributed by atoms with van der Waals surface area (Å²) in [6, 6.07) is 3.27. The fourth-order valence-corrected chi connectivity index (χ4v) is 6.40. The summed E-state index contributed by atoms with van der Waals surface area (Å²) in [6.07, 6.45) is 12.6. The highest BCUT2D eigenvalue weighted by Crippen LogP contribution is 2.46. The molecule has 2 aromatic rings. The first kappa shape index (κ1) is 23.4. The van der Waals surface area contributed by atoms with Gasteiger partial charge in [-0.2, -0.15) is 0 Å². The first-order valence-electron chi connectivity index (χ1n) is 12.7. The molecule has 1 saturated carbocycles. The Hall–Kier alpha value is -2.36. The molecule has 3 aliphatic rings. The van der Waals surface area contributed by atoms with Gasteiger partial charge in [-0.3, -0.25) is 0 Å². The van der Waals surface area contributed by atoms with Gasteiger partial charge in [0, 0.05) is 16.7 Å². The zero-order chi connectivity index (χ0) is 24.0. The third-order valence-corrected chi connectivity index (χ3v) is 8.43. The fourth-order valence-electron chi connectivity index (χ4n) is 6.40. The molecule has 4 heteroatoms. The molecule has 0 bridgehead atoms. The normalized spacial score (nSPS) is 23.9. The van der Waals surface area contributed by atoms with E-state index in [9.17, 15) is 8.78 Å². The Labute approximate surface area is 199 Å². The second-order valence-corrected chi connectivity index (χ2v) is 10.6. The van der Waals surface area contributed by atoms with Gasteiger partial charge < -0.3 is 0 Å². The predicted octanol–water partition coefficient (Wildman–Crippen LogP) is 8.94. The number of allylic oxidation sites excluding steroid dienone is 3. The Kier molecular flexibility index (Phi) is 6.43. The van der Waals surface area contributed by atoms with Gasteiger partial charge in [0.15, 0.2) is 23.3 Å².